The highest BCUT2D eigenvalue weighted by molar-refractivity contribution is 5.80. The molecule has 20 heavy (non-hydrogen) atoms. The Labute approximate surface area is 114 Å². The molecule has 1 rings (SSSR count). The minimum Gasteiger partial charge on any atom is -0.206 e. The van der Waals surface area contributed by atoms with Crippen molar-refractivity contribution in [1.29, 1.82) is 5.26 Å². The minimum atomic E-state index is -4.55. The Hall–Kier alpha value is -2.35. The molecule has 1 aromatic carbocycles. The Balaban J connectivity index is 3.55. The topological polar surface area (TPSA) is 23.8 Å². The summed E-state index contributed by atoms with van der Waals surface area (Å²) < 4.78 is 51.5. The molecule has 5 heteroatoms. The van der Waals surface area contributed by atoms with Gasteiger partial charge in [-0.1, -0.05) is 24.8 Å². The number of alkyl halides is 3. The summed E-state index contributed by atoms with van der Waals surface area (Å²) in [5.41, 5.74) is -1.08. The number of nitrogens with zero attached hydrogens (tertiary/aromatic N) is 1. The van der Waals surface area contributed by atoms with Gasteiger partial charge >= 0.3 is 6.18 Å². The second-order valence-electron chi connectivity index (χ2n) is 3.84. The molecule has 0 bridgehead atoms. The Morgan fingerprint density at radius 2 is 2.00 bits per heavy atom. The number of nitriles is 1. The molecule has 0 aliphatic heterocycles. The van der Waals surface area contributed by atoms with Gasteiger partial charge in [-0.2, -0.15) is 18.4 Å². The maximum Gasteiger partial charge on any atom is 0.416 e. The third kappa shape index (κ3) is 3.35. The molecule has 0 aliphatic carbocycles. The lowest BCUT2D eigenvalue weighted by Gasteiger charge is -2.11. The highest BCUT2D eigenvalue weighted by atomic mass is 19.4. The zero-order chi connectivity index (χ0) is 15.3. The van der Waals surface area contributed by atoms with Crippen molar-refractivity contribution >= 4 is 5.57 Å². The Kier molecular flexibility index (Phi) is 4.87. The third-order valence-electron chi connectivity index (χ3n) is 2.53. The number of benzene rings is 1. The van der Waals surface area contributed by atoms with Crippen LogP contribution in [0.4, 0.5) is 17.6 Å². The van der Waals surface area contributed by atoms with E-state index in [-0.39, 0.29) is 16.7 Å². The fraction of sp³-hybridized carbons (Fsp3) is 0.133. The largest absolute Gasteiger partial charge is 0.416 e. The van der Waals surface area contributed by atoms with Crippen molar-refractivity contribution in [3.05, 3.63) is 65.5 Å². The summed E-state index contributed by atoms with van der Waals surface area (Å²) in [5, 5.41) is 8.97. The summed E-state index contributed by atoms with van der Waals surface area (Å²) in [6.07, 6.45) is -0.711. The normalized spacial score (nSPS) is 13.0. The first-order valence-electron chi connectivity index (χ1n) is 5.61. The van der Waals surface area contributed by atoms with E-state index in [0.29, 0.717) is 6.07 Å². The van der Waals surface area contributed by atoms with Crippen molar-refractivity contribution < 1.29 is 17.6 Å². The second-order valence-corrected chi connectivity index (χ2v) is 3.84. The molecule has 0 saturated carbocycles. The number of rotatable bonds is 3. The summed E-state index contributed by atoms with van der Waals surface area (Å²) in [7, 11) is 0. The van der Waals surface area contributed by atoms with E-state index in [0.717, 1.165) is 18.2 Å². The van der Waals surface area contributed by atoms with E-state index in [9.17, 15) is 17.6 Å². The van der Waals surface area contributed by atoms with Crippen LogP contribution in [0.15, 0.2) is 48.8 Å². The molecule has 0 unspecified atom stereocenters. The lowest BCUT2D eigenvalue weighted by molar-refractivity contribution is -0.137. The Morgan fingerprint density at radius 1 is 1.35 bits per heavy atom. The fourth-order valence-corrected chi connectivity index (χ4v) is 1.62. The van der Waals surface area contributed by atoms with Gasteiger partial charge in [0, 0.05) is 11.1 Å². The molecule has 1 nitrogen and oxygen atoms in total. The quantitative estimate of drug-likeness (QED) is 0.563. The van der Waals surface area contributed by atoms with Crippen LogP contribution in [-0.2, 0) is 6.18 Å². The van der Waals surface area contributed by atoms with Crippen LogP contribution >= 0.6 is 0 Å². The molecule has 0 aromatic heterocycles. The molecule has 104 valence electrons. The Morgan fingerprint density at radius 3 is 2.45 bits per heavy atom. The van der Waals surface area contributed by atoms with Crippen LogP contribution in [0.1, 0.15) is 23.6 Å². The third-order valence-corrected chi connectivity index (χ3v) is 2.53. The minimum absolute atomic E-state index is 0.0211. The van der Waals surface area contributed by atoms with E-state index in [4.69, 9.17) is 5.26 Å². The highest BCUT2D eigenvalue weighted by Gasteiger charge is 2.31. The van der Waals surface area contributed by atoms with Crippen molar-refractivity contribution in [2.75, 3.05) is 0 Å². The van der Waals surface area contributed by atoms with Gasteiger partial charge in [-0.15, -0.1) is 0 Å². The van der Waals surface area contributed by atoms with Crippen molar-refractivity contribution in [2.45, 2.75) is 13.1 Å². The van der Waals surface area contributed by atoms with Gasteiger partial charge in [-0.05, 0) is 25.1 Å². The maximum absolute atomic E-state index is 13.7. The number of hydrogen-bond acceptors (Lipinski definition) is 1. The summed E-state index contributed by atoms with van der Waals surface area (Å²) >= 11 is 0. The van der Waals surface area contributed by atoms with E-state index in [1.54, 1.807) is 13.0 Å². The molecule has 0 spiro atoms. The van der Waals surface area contributed by atoms with Crippen molar-refractivity contribution in [3.63, 3.8) is 0 Å². The standard InChI is InChI=1S/C15H11F4N/c1-3-5-13(14(16)4-2)12-7-6-11(15(17,18)19)8-10(12)9-20/h3-8H,2H2,1H3/b5-3-,14-13-. The monoisotopic (exact) mass is 281 g/mol. The highest BCUT2D eigenvalue weighted by Crippen LogP contribution is 2.33. The lowest BCUT2D eigenvalue weighted by Crippen LogP contribution is -2.06. The van der Waals surface area contributed by atoms with Gasteiger partial charge in [0.15, 0.2) is 0 Å². The van der Waals surface area contributed by atoms with Crippen LogP contribution < -0.4 is 0 Å². The SMILES string of the molecule is C=C/C(F)=C(\C=C/C)c1ccc(C(F)(F)F)cc1C#N. The van der Waals surface area contributed by atoms with E-state index >= 15 is 0 Å². The van der Waals surface area contributed by atoms with Gasteiger partial charge in [0.2, 0.25) is 0 Å². The molecule has 1 aromatic rings. The van der Waals surface area contributed by atoms with Crippen LogP contribution in [0, 0.1) is 11.3 Å². The second kappa shape index (κ2) is 6.20. The van der Waals surface area contributed by atoms with Crippen LogP contribution in [0.5, 0.6) is 0 Å². The molecule has 0 saturated heterocycles. The summed E-state index contributed by atoms with van der Waals surface area (Å²) in [5.74, 6) is -0.709. The van der Waals surface area contributed by atoms with Gasteiger partial charge in [-0.25, -0.2) is 4.39 Å². The smallest absolute Gasteiger partial charge is 0.206 e. The van der Waals surface area contributed by atoms with Crippen molar-refractivity contribution in [3.8, 4) is 6.07 Å². The summed E-state index contributed by atoms with van der Waals surface area (Å²) in [6, 6.07) is 4.26. The van der Waals surface area contributed by atoms with Gasteiger partial charge in [-0.3, -0.25) is 0 Å². The first kappa shape index (κ1) is 15.7. The predicted molar refractivity (Wildman–Crippen MR) is 69.2 cm³/mol. The van der Waals surface area contributed by atoms with E-state index in [1.807, 2.05) is 0 Å². The molecule has 0 radical (unpaired) electrons. The number of hydrogen-bond donors (Lipinski definition) is 0. The fourth-order valence-electron chi connectivity index (χ4n) is 1.62. The van der Waals surface area contributed by atoms with Crippen LogP contribution in [0.25, 0.3) is 5.57 Å². The predicted octanol–water partition coefficient (Wildman–Crippen LogP) is 5.02. The van der Waals surface area contributed by atoms with Crippen LogP contribution in [-0.4, -0.2) is 0 Å². The van der Waals surface area contributed by atoms with Crippen molar-refractivity contribution in [2.24, 2.45) is 0 Å². The van der Waals surface area contributed by atoms with Crippen LogP contribution in [0.3, 0.4) is 0 Å². The van der Waals surface area contributed by atoms with E-state index < -0.39 is 17.6 Å². The van der Waals surface area contributed by atoms with Gasteiger partial charge in [0.25, 0.3) is 0 Å². The van der Waals surface area contributed by atoms with Crippen LogP contribution in [0.2, 0.25) is 0 Å². The Bertz CT molecular complexity index is 616. The molecule has 0 atom stereocenters. The summed E-state index contributed by atoms with van der Waals surface area (Å²) in [4.78, 5) is 0. The van der Waals surface area contributed by atoms with Gasteiger partial charge in [0.05, 0.1) is 17.2 Å². The van der Waals surface area contributed by atoms with Gasteiger partial charge in [0.1, 0.15) is 5.83 Å². The molecular weight excluding hydrogens is 270 g/mol. The average Bonchev–Trinajstić information content (AvgIpc) is 2.42. The first-order chi connectivity index (χ1) is 9.35. The lowest BCUT2D eigenvalue weighted by atomic mass is 9.96. The molecule has 0 amide bonds. The van der Waals surface area contributed by atoms with Crippen molar-refractivity contribution in [1.82, 2.24) is 0 Å². The molecule has 0 aliphatic rings. The summed E-state index contributed by atoms with van der Waals surface area (Å²) in [6.45, 7) is 4.90. The molecule has 0 N–H and O–H groups in total. The van der Waals surface area contributed by atoms with E-state index in [1.165, 1.54) is 12.2 Å². The number of halogens is 4. The average molecular weight is 281 g/mol. The maximum atomic E-state index is 13.7. The number of allylic oxidation sites excluding steroid dienone is 5. The zero-order valence-electron chi connectivity index (χ0n) is 10.6. The zero-order valence-corrected chi connectivity index (χ0v) is 10.6. The van der Waals surface area contributed by atoms with E-state index in [2.05, 4.69) is 6.58 Å². The molecule has 0 heterocycles. The molecule has 0 fully saturated rings. The molecular formula is C15H11F4N. The first-order valence-corrected chi connectivity index (χ1v) is 5.61. The van der Waals surface area contributed by atoms with Gasteiger partial charge < -0.3 is 0 Å².